The number of hydrogen-bond acceptors (Lipinski definition) is 5. The Morgan fingerprint density at radius 1 is 0.886 bits per heavy atom. The highest BCUT2D eigenvalue weighted by Gasteiger charge is 2.29. The molecule has 0 unspecified atom stereocenters. The summed E-state index contributed by atoms with van der Waals surface area (Å²) in [7, 11) is 0. The minimum absolute atomic E-state index is 0.0933. The number of carboxylic acids is 1. The van der Waals surface area contributed by atoms with Crippen molar-refractivity contribution in [2.45, 2.75) is 32.6 Å². The van der Waals surface area contributed by atoms with Crippen LogP contribution in [0.15, 0.2) is 91.3 Å². The van der Waals surface area contributed by atoms with E-state index in [1.54, 1.807) is 23.0 Å². The van der Waals surface area contributed by atoms with Gasteiger partial charge in [0.15, 0.2) is 5.60 Å². The standard InChI is InChI=1S/C28H26N2O5/c1-28(2,27(32)33)35-25-14-12-24(13-15-25)26(31)34-19-21-16-29-30(18-21)17-20-8-10-23(11-9-20)22-6-4-3-5-7-22/h3-16,18H,17,19H2,1-2H3,(H,32,33). The van der Waals surface area contributed by atoms with Crippen molar-refractivity contribution >= 4 is 11.9 Å². The molecule has 178 valence electrons. The maximum Gasteiger partial charge on any atom is 0.347 e. The molecule has 3 aromatic carbocycles. The highest BCUT2D eigenvalue weighted by molar-refractivity contribution is 5.89. The summed E-state index contributed by atoms with van der Waals surface area (Å²) in [4.78, 5) is 23.6. The zero-order chi connectivity index (χ0) is 24.8. The van der Waals surface area contributed by atoms with E-state index >= 15 is 0 Å². The average molecular weight is 471 g/mol. The topological polar surface area (TPSA) is 90.7 Å². The van der Waals surface area contributed by atoms with E-state index in [2.05, 4.69) is 41.5 Å². The SMILES string of the molecule is CC(C)(Oc1ccc(C(=O)OCc2cnn(Cc3ccc(-c4ccccc4)cc3)c2)cc1)C(=O)O. The first-order valence-electron chi connectivity index (χ1n) is 11.2. The maximum atomic E-state index is 12.4. The minimum atomic E-state index is -1.37. The van der Waals surface area contributed by atoms with Crippen LogP contribution in [0.4, 0.5) is 0 Å². The van der Waals surface area contributed by atoms with Gasteiger partial charge in [0.05, 0.1) is 18.3 Å². The van der Waals surface area contributed by atoms with Crippen molar-refractivity contribution in [1.29, 1.82) is 0 Å². The minimum Gasteiger partial charge on any atom is -0.478 e. The molecular weight excluding hydrogens is 444 g/mol. The van der Waals surface area contributed by atoms with Crippen LogP contribution in [0.2, 0.25) is 0 Å². The first-order chi connectivity index (χ1) is 16.8. The van der Waals surface area contributed by atoms with Gasteiger partial charge >= 0.3 is 11.9 Å². The van der Waals surface area contributed by atoms with E-state index in [-0.39, 0.29) is 6.61 Å². The summed E-state index contributed by atoms with van der Waals surface area (Å²) in [5.74, 6) is -1.21. The molecule has 1 aromatic heterocycles. The summed E-state index contributed by atoms with van der Waals surface area (Å²) in [6, 6.07) is 24.7. The molecule has 0 atom stereocenters. The van der Waals surface area contributed by atoms with Crippen LogP contribution in [0.5, 0.6) is 5.75 Å². The van der Waals surface area contributed by atoms with E-state index in [1.165, 1.54) is 31.5 Å². The zero-order valence-electron chi connectivity index (χ0n) is 19.5. The second-order valence-corrected chi connectivity index (χ2v) is 8.63. The summed E-state index contributed by atoms with van der Waals surface area (Å²) in [5, 5.41) is 13.5. The Kier molecular flexibility index (Phi) is 6.96. The number of aliphatic carboxylic acids is 1. The fourth-order valence-corrected chi connectivity index (χ4v) is 3.42. The molecule has 0 radical (unpaired) electrons. The summed E-state index contributed by atoms with van der Waals surface area (Å²) in [6.07, 6.45) is 3.53. The Hall–Kier alpha value is -4.39. The molecule has 0 spiro atoms. The fraction of sp³-hybridized carbons (Fsp3) is 0.179. The van der Waals surface area contributed by atoms with Crippen LogP contribution in [-0.2, 0) is 22.7 Å². The maximum absolute atomic E-state index is 12.4. The van der Waals surface area contributed by atoms with E-state index < -0.39 is 17.5 Å². The molecule has 1 N–H and O–H groups in total. The van der Waals surface area contributed by atoms with Gasteiger partial charge in [-0.1, -0.05) is 54.6 Å². The van der Waals surface area contributed by atoms with Gasteiger partial charge in [0.1, 0.15) is 12.4 Å². The lowest BCUT2D eigenvalue weighted by molar-refractivity contribution is -0.152. The number of carbonyl (C=O) groups is 2. The third kappa shape index (κ3) is 6.14. The molecule has 0 aliphatic carbocycles. The monoisotopic (exact) mass is 470 g/mol. The molecule has 0 saturated carbocycles. The van der Waals surface area contributed by atoms with Gasteiger partial charge < -0.3 is 14.6 Å². The number of carboxylic acid groups (broad SMARTS) is 1. The van der Waals surface area contributed by atoms with Crippen molar-refractivity contribution < 1.29 is 24.2 Å². The van der Waals surface area contributed by atoms with Crippen molar-refractivity contribution in [2.75, 3.05) is 0 Å². The molecule has 4 aromatic rings. The summed E-state index contributed by atoms with van der Waals surface area (Å²) in [6.45, 7) is 3.61. The lowest BCUT2D eigenvalue weighted by atomic mass is 10.0. The number of ether oxygens (including phenoxy) is 2. The number of aromatic nitrogens is 2. The van der Waals surface area contributed by atoms with Crippen molar-refractivity contribution in [3.05, 3.63) is 108 Å². The molecule has 4 rings (SSSR count). The second-order valence-electron chi connectivity index (χ2n) is 8.63. The summed E-state index contributed by atoms with van der Waals surface area (Å²) in [5.41, 5.74) is 3.20. The summed E-state index contributed by atoms with van der Waals surface area (Å²) >= 11 is 0. The zero-order valence-corrected chi connectivity index (χ0v) is 19.5. The molecule has 0 aliphatic heterocycles. The van der Waals surface area contributed by atoms with Gasteiger partial charge in [-0.05, 0) is 54.8 Å². The lowest BCUT2D eigenvalue weighted by Crippen LogP contribution is -2.37. The van der Waals surface area contributed by atoms with Crippen LogP contribution in [0.3, 0.4) is 0 Å². The number of nitrogens with zero attached hydrogens (tertiary/aromatic N) is 2. The predicted octanol–water partition coefficient (Wildman–Crippen LogP) is 5.20. The van der Waals surface area contributed by atoms with Crippen LogP contribution in [0.1, 0.15) is 35.3 Å². The highest BCUT2D eigenvalue weighted by Crippen LogP contribution is 2.21. The van der Waals surface area contributed by atoms with Gasteiger partial charge in [0, 0.05) is 11.8 Å². The Morgan fingerprint density at radius 2 is 1.54 bits per heavy atom. The van der Waals surface area contributed by atoms with Crippen LogP contribution in [0, 0.1) is 0 Å². The quantitative estimate of drug-likeness (QED) is 0.338. The first-order valence-corrected chi connectivity index (χ1v) is 11.2. The molecule has 1 heterocycles. The third-order valence-corrected chi connectivity index (χ3v) is 5.44. The Labute approximate surface area is 203 Å². The number of benzene rings is 3. The van der Waals surface area contributed by atoms with Crippen LogP contribution >= 0.6 is 0 Å². The largest absolute Gasteiger partial charge is 0.478 e. The van der Waals surface area contributed by atoms with Crippen LogP contribution < -0.4 is 4.74 Å². The van der Waals surface area contributed by atoms with Gasteiger partial charge in [0.25, 0.3) is 0 Å². The van der Waals surface area contributed by atoms with Gasteiger partial charge in [-0.25, -0.2) is 9.59 Å². The van der Waals surface area contributed by atoms with Crippen LogP contribution in [-0.4, -0.2) is 32.4 Å². The van der Waals surface area contributed by atoms with Gasteiger partial charge in [-0.3, -0.25) is 4.68 Å². The first kappa shape index (κ1) is 23.8. The van der Waals surface area contributed by atoms with E-state index in [4.69, 9.17) is 14.6 Å². The Balaban J connectivity index is 1.30. The van der Waals surface area contributed by atoms with E-state index in [0.29, 0.717) is 17.9 Å². The molecule has 0 aliphatic rings. The average Bonchev–Trinajstić information content (AvgIpc) is 3.31. The highest BCUT2D eigenvalue weighted by atomic mass is 16.5. The van der Waals surface area contributed by atoms with Crippen molar-refractivity contribution in [3.63, 3.8) is 0 Å². The molecule has 7 heteroatoms. The molecule has 7 nitrogen and oxygen atoms in total. The van der Waals surface area contributed by atoms with Crippen molar-refractivity contribution in [1.82, 2.24) is 9.78 Å². The number of hydrogen-bond donors (Lipinski definition) is 1. The smallest absolute Gasteiger partial charge is 0.347 e. The van der Waals surface area contributed by atoms with Crippen LogP contribution in [0.25, 0.3) is 11.1 Å². The number of esters is 1. The second kappa shape index (κ2) is 10.3. The normalized spacial score (nSPS) is 11.1. The van der Waals surface area contributed by atoms with Crippen molar-refractivity contribution in [2.24, 2.45) is 0 Å². The molecule has 0 saturated heterocycles. The molecule has 0 fully saturated rings. The van der Waals surface area contributed by atoms with Gasteiger partial charge in [0.2, 0.25) is 0 Å². The van der Waals surface area contributed by atoms with Gasteiger partial charge in [-0.2, -0.15) is 5.10 Å². The summed E-state index contributed by atoms with van der Waals surface area (Å²) < 4.78 is 12.6. The van der Waals surface area contributed by atoms with Crippen molar-refractivity contribution in [3.8, 4) is 16.9 Å². The molecular formula is C28H26N2O5. The predicted molar refractivity (Wildman–Crippen MR) is 131 cm³/mol. The van der Waals surface area contributed by atoms with Gasteiger partial charge in [-0.15, -0.1) is 0 Å². The number of carbonyl (C=O) groups excluding carboxylic acids is 1. The van der Waals surface area contributed by atoms with E-state index in [9.17, 15) is 9.59 Å². The van der Waals surface area contributed by atoms with E-state index in [1.807, 2.05) is 24.4 Å². The fourth-order valence-electron chi connectivity index (χ4n) is 3.42. The Morgan fingerprint density at radius 3 is 2.20 bits per heavy atom. The molecule has 35 heavy (non-hydrogen) atoms. The molecule has 0 amide bonds. The third-order valence-electron chi connectivity index (χ3n) is 5.44. The van der Waals surface area contributed by atoms with E-state index in [0.717, 1.165) is 16.7 Å². The Bertz CT molecular complexity index is 1290. The number of rotatable bonds is 9. The lowest BCUT2D eigenvalue weighted by Gasteiger charge is -2.21. The molecule has 0 bridgehead atoms.